The third-order valence-corrected chi connectivity index (χ3v) is 5.85. The number of carbonyl (C=O) groups is 2. The van der Waals surface area contributed by atoms with Gasteiger partial charge in [0.25, 0.3) is 0 Å². The summed E-state index contributed by atoms with van der Waals surface area (Å²) in [6.45, 7) is 2.95. The lowest BCUT2D eigenvalue weighted by Crippen LogP contribution is -2.09. The zero-order valence-electron chi connectivity index (χ0n) is 16.9. The Morgan fingerprint density at radius 3 is 2.68 bits per heavy atom. The van der Waals surface area contributed by atoms with Crippen LogP contribution in [0.2, 0.25) is 0 Å². The van der Waals surface area contributed by atoms with Gasteiger partial charge in [0.15, 0.2) is 0 Å². The number of nitrogens with zero attached hydrogens (tertiary/aromatic N) is 3. The summed E-state index contributed by atoms with van der Waals surface area (Å²) in [7, 11) is 0. The number of carboxylic acid groups (broad SMARTS) is 1. The molecule has 3 heterocycles. The van der Waals surface area contributed by atoms with Crippen molar-refractivity contribution in [1.82, 2.24) is 14.3 Å². The van der Waals surface area contributed by atoms with Crippen LogP contribution in [0.1, 0.15) is 42.5 Å². The van der Waals surface area contributed by atoms with E-state index in [1.54, 1.807) is 10.1 Å². The zero-order chi connectivity index (χ0) is 21.8. The highest BCUT2D eigenvalue weighted by atomic mass is 32.1. The largest absolute Gasteiger partial charge is 0.477 e. The maximum Gasteiger partial charge on any atom is 0.346 e. The highest BCUT2D eigenvalue weighted by Crippen LogP contribution is 2.18. The van der Waals surface area contributed by atoms with Gasteiger partial charge in [-0.1, -0.05) is 35.9 Å². The summed E-state index contributed by atoms with van der Waals surface area (Å²) in [6.07, 6.45) is 7.55. The number of aromatic carboxylic acids is 1. The number of thiophene rings is 1. The molecule has 4 rings (SSSR count). The van der Waals surface area contributed by atoms with Crippen molar-refractivity contribution in [1.29, 1.82) is 0 Å². The van der Waals surface area contributed by atoms with Crippen LogP contribution in [0.15, 0.2) is 72.4 Å². The topological polar surface area (TPSA) is 77.1 Å². The molecule has 0 aliphatic rings. The monoisotopic (exact) mass is 431 g/mol. The van der Waals surface area contributed by atoms with E-state index >= 15 is 0 Å². The Morgan fingerprint density at radius 1 is 1.10 bits per heavy atom. The number of hydrogen-bond donors (Lipinski definition) is 1. The SMILES string of the molecule is Cc1ccc(C(=O)c2cccn2C/C=C/c2ccn(Cc3ccsc3C(=O)O)n2)cc1. The van der Waals surface area contributed by atoms with E-state index in [0.29, 0.717) is 29.2 Å². The van der Waals surface area contributed by atoms with Gasteiger partial charge in [-0.05, 0) is 48.2 Å². The van der Waals surface area contributed by atoms with Crippen molar-refractivity contribution in [3.8, 4) is 0 Å². The molecular formula is C24H21N3O3S. The lowest BCUT2D eigenvalue weighted by molar-refractivity contribution is 0.0700. The van der Waals surface area contributed by atoms with Crippen LogP contribution >= 0.6 is 11.3 Å². The van der Waals surface area contributed by atoms with Crippen LogP contribution in [0.25, 0.3) is 6.08 Å². The lowest BCUT2D eigenvalue weighted by atomic mass is 10.1. The number of benzene rings is 1. The molecule has 0 atom stereocenters. The Bertz CT molecular complexity index is 1250. The van der Waals surface area contributed by atoms with Crippen LogP contribution in [0.4, 0.5) is 0 Å². The van der Waals surface area contributed by atoms with Crippen molar-refractivity contribution >= 4 is 29.2 Å². The highest BCUT2D eigenvalue weighted by Gasteiger charge is 2.13. The van der Waals surface area contributed by atoms with Gasteiger partial charge in [-0.2, -0.15) is 5.10 Å². The molecule has 1 aromatic carbocycles. The normalized spacial score (nSPS) is 11.3. The second-order valence-corrected chi connectivity index (χ2v) is 8.08. The number of hydrogen-bond acceptors (Lipinski definition) is 4. The van der Waals surface area contributed by atoms with Crippen molar-refractivity contribution in [2.45, 2.75) is 20.0 Å². The molecule has 7 heteroatoms. The van der Waals surface area contributed by atoms with E-state index in [4.69, 9.17) is 0 Å². The van der Waals surface area contributed by atoms with Crippen molar-refractivity contribution < 1.29 is 14.7 Å². The molecule has 0 saturated heterocycles. The summed E-state index contributed by atoms with van der Waals surface area (Å²) < 4.78 is 3.62. The quantitative estimate of drug-likeness (QED) is 0.409. The highest BCUT2D eigenvalue weighted by molar-refractivity contribution is 7.12. The standard InChI is InChI=1S/C24H21N3O3S/c1-17-6-8-18(9-7-17)22(28)21-5-3-13-26(21)12-2-4-20-10-14-27(25-20)16-19-11-15-31-23(19)24(29)30/h2-11,13-15H,12,16H2,1H3,(H,29,30)/b4-2+. The Morgan fingerprint density at radius 2 is 1.90 bits per heavy atom. The number of aromatic nitrogens is 3. The first kappa shape index (κ1) is 20.6. The first-order valence-electron chi connectivity index (χ1n) is 9.77. The molecule has 156 valence electrons. The average Bonchev–Trinajstić information content (AvgIpc) is 3.50. The predicted octanol–water partition coefficient (Wildman–Crippen LogP) is 4.75. The molecule has 3 aromatic heterocycles. The fraction of sp³-hybridized carbons (Fsp3) is 0.125. The van der Waals surface area contributed by atoms with E-state index in [1.165, 1.54) is 11.3 Å². The average molecular weight is 432 g/mol. The predicted molar refractivity (Wildman–Crippen MR) is 121 cm³/mol. The Hall–Kier alpha value is -3.71. The van der Waals surface area contributed by atoms with E-state index < -0.39 is 5.97 Å². The van der Waals surface area contributed by atoms with E-state index in [-0.39, 0.29) is 5.78 Å². The van der Waals surface area contributed by atoms with Crippen molar-refractivity contribution in [2.75, 3.05) is 0 Å². The molecule has 0 spiro atoms. The fourth-order valence-corrected chi connectivity index (χ4v) is 4.05. The Labute approximate surface area is 183 Å². The van der Waals surface area contributed by atoms with Crippen LogP contribution in [0.3, 0.4) is 0 Å². The molecule has 0 aliphatic heterocycles. The van der Waals surface area contributed by atoms with Gasteiger partial charge >= 0.3 is 5.97 Å². The molecule has 0 bridgehead atoms. The number of aryl methyl sites for hydroxylation is 1. The summed E-state index contributed by atoms with van der Waals surface area (Å²) in [5.41, 5.74) is 3.93. The minimum Gasteiger partial charge on any atom is -0.477 e. The molecule has 31 heavy (non-hydrogen) atoms. The molecule has 0 fully saturated rings. The van der Waals surface area contributed by atoms with E-state index in [0.717, 1.165) is 16.8 Å². The van der Waals surface area contributed by atoms with Crippen LogP contribution < -0.4 is 0 Å². The van der Waals surface area contributed by atoms with Crippen LogP contribution in [0, 0.1) is 6.92 Å². The van der Waals surface area contributed by atoms with E-state index in [9.17, 15) is 14.7 Å². The fourth-order valence-electron chi connectivity index (χ4n) is 3.30. The molecule has 1 N–H and O–H groups in total. The number of carbonyl (C=O) groups excluding carboxylic acids is 1. The Kier molecular flexibility index (Phi) is 5.95. The summed E-state index contributed by atoms with van der Waals surface area (Å²) >= 11 is 1.21. The maximum absolute atomic E-state index is 12.8. The van der Waals surface area contributed by atoms with Gasteiger partial charge in [0.2, 0.25) is 5.78 Å². The van der Waals surface area contributed by atoms with Gasteiger partial charge in [0.1, 0.15) is 4.88 Å². The first-order valence-corrected chi connectivity index (χ1v) is 10.7. The van der Waals surface area contributed by atoms with Crippen molar-refractivity contribution in [3.63, 3.8) is 0 Å². The van der Waals surface area contributed by atoms with Gasteiger partial charge in [-0.25, -0.2) is 4.79 Å². The second-order valence-electron chi connectivity index (χ2n) is 7.16. The zero-order valence-corrected chi connectivity index (χ0v) is 17.7. The second kappa shape index (κ2) is 8.97. The number of carboxylic acids is 1. The minimum absolute atomic E-state index is 0.00678. The summed E-state index contributed by atoms with van der Waals surface area (Å²) in [5, 5.41) is 15.5. The van der Waals surface area contributed by atoms with Gasteiger partial charge in [0.05, 0.1) is 17.9 Å². The van der Waals surface area contributed by atoms with E-state index in [2.05, 4.69) is 5.10 Å². The molecule has 0 amide bonds. The third kappa shape index (κ3) is 4.73. The smallest absolute Gasteiger partial charge is 0.346 e. The molecular weight excluding hydrogens is 410 g/mol. The van der Waals surface area contributed by atoms with Gasteiger partial charge in [-0.3, -0.25) is 9.48 Å². The van der Waals surface area contributed by atoms with E-state index in [1.807, 2.05) is 84.6 Å². The Balaban J connectivity index is 1.42. The number of rotatable bonds is 8. The van der Waals surface area contributed by atoms with Crippen LogP contribution in [-0.4, -0.2) is 31.2 Å². The third-order valence-electron chi connectivity index (χ3n) is 4.90. The van der Waals surface area contributed by atoms with Gasteiger partial charge in [0, 0.05) is 24.5 Å². The summed E-state index contributed by atoms with van der Waals surface area (Å²) in [4.78, 5) is 24.4. The summed E-state index contributed by atoms with van der Waals surface area (Å²) in [5.74, 6) is -0.923. The lowest BCUT2D eigenvalue weighted by Gasteiger charge is -2.06. The maximum atomic E-state index is 12.8. The van der Waals surface area contributed by atoms with Crippen LogP contribution in [-0.2, 0) is 13.1 Å². The molecule has 0 aliphatic carbocycles. The number of allylic oxidation sites excluding steroid dienone is 1. The summed E-state index contributed by atoms with van der Waals surface area (Å²) in [6, 6.07) is 14.9. The van der Waals surface area contributed by atoms with Crippen molar-refractivity contribution in [3.05, 3.63) is 105 Å². The van der Waals surface area contributed by atoms with Crippen LogP contribution in [0.5, 0.6) is 0 Å². The van der Waals surface area contributed by atoms with Gasteiger partial charge in [-0.15, -0.1) is 11.3 Å². The molecule has 0 saturated carbocycles. The molecule has 4 aromatic rings. The minimum atomic E-state index is -0.917. The number of ketones is 1. The molecule has 6 nitrogen and oxygen atoms in total. The first-order chi connectivity index (χ1) is 15.0. The molecule has 0 radical (unpaired) electrons. The molecule has 0 unspecified atom stereocenters. The van der Waals surface area contributed by atoms with Gasteiger partial charge < -0.3 is 9.67 Å². The van der Waals surface area contributed by atoms with Crippen molar-refractivity contribution in [2.24, 2.45) is 0 Å².